The fraction of sp³-hybridized carbons (Fsp3) is 0.320. The van der Waals surface area contributed by atoms with Crippen LogP contribution >= 0.6 is 0 Å². The Kier molecular flexibility index (Phi) is 7.67. The first-order valence-corrected chi connectivity index (χ1v) is 11.0. The highest BCUT2D eigenvalue weighted by Gasteiger charge is 2.52. The SMILES string of the molecule is CC1(C)OB(C(=Cc2cc(C(=O)O)cc(C(=O)O)c2)CNC(=O)OCc2ccccc2)OC1(C)C. The Hall–Kier alpha value is -3.63. The highest BCUT2D eigenvalue weighted by molar-refractivity contribution is 6.56. The van der Waals surface area contributed by atoms with E-state index in [-0.39, 0.29) is 24.3 Å². The third-order valence-electron chi connectivity index (χ3n) is 6.01. The van der Waals surface area contributed by atoms with Crippen molar-refractivity contribution in [1.29, 1.82) is 0 Å². The van der Waals surface area contributed by atoms with Gasteiger partial charge in [-0.15, -0.1) is 0 Å². The monoisotopic (exact) mass is 481 g/mol. The van der Waals surface area contributed by atoms with Crippen LogP contribution in [-0.2, 0) is 20.7 Å². The number of benzene rings is 2. The van der Waals surface area contributed by atoms with Gasteiger partial charge in [0.1, 0.15) is 6.61 Å². The van der Waals surface area contributed by atoms with Gasteiger partial charge in [-0.25, -0.2) is 14.4 Å². The van der Waals surface area contributed by atoms with E-state index in [9.17, 15) is 24.6 Å². The van der Waals surface area contributed by atoms with Crippen molar-refractivity contribution in [3.05, 3.63) is 76.3 Å². The number of nitrogens with one attached hydrogen (secondary N) is 1. The molecule has 0 bridgehead atoms. The number of alkyl carbamates (subject to hydrolysis) is 1. The normalized spacial score (nSPS) is 16.6. The summed E-state index contributed by atoms with van der Waals surface area (Å²) in [6, 6.07) is 13.0. The molecule has 184 valence electrons. The minimum atomic E-state index is -1.26. The zero-order valence-corrected chi connectivity index (χ0v) is 20.0. The van der Waals surface area contributed by atoms with Gasteiger partial charge in [-0.05, 0) is 62.5 Å². The summed E-state index contributed by atoms with van der Waals surface area (Å²) in [6.07, 6.45) is 0.889. The number of hydrogen-bond acceptors (Lipinski definition) is 6. The maximum atomic E-state index is 12.3. The molecule has 0 unspecified atom stereocenters. The number of ether oxygens (including phenoxy) is 1. The first-order valence-electron chi connectivity index (χ1n) is 11.0. The van der Waals surface area contributed by atoms with Crippen LogP contribution in [0.15, 0.2) is 54.0 Å². The maximum Gasteiger partial charge on any atom is 0.492 e. The standard InChI is InChI=1S/C25H28BNO8/c1-24(2)25(3,4)35-26(34-24)20(14-27-23(32)33-15-16-8-6-5-7-9-16)12-17-10-18(21(28)29)13-19(11-17)22(30)31/h5-13H,14-15H2,1-4H3,(H,27,32)(H,28,29)(H,30,31). The number of hydrogen-bond donors (Lipinski definition) is 3. The molecule has 1 heterocycles. The molecule has 1 amide bonds. The van der Waals surface area contributed by atoms with Crippen LogP contribution in [0.3, 0.4) is 0 Å². The predicted molar refractivity (Wildman–Crippen MR) is 129 cm³/mol. The zero-order valence-electron chi connectivity index (χ0n) is 20.0. The van der Waals surface area contributed by atoms with Crippen LogP contribution in [0.1, 0.15) is 59.5 Å². The first-order chi connectivity index (χ1) is 16.4. The Balaban J connectivity index is 1.86. The number of rotatable bonds is 8. The minimum absolute atomic E-state index is 0.0375. The van der Waals surface area contributed by atoms with Crippen LogP contribution in [0, 0.1) is 0 Å². The summed E-state index contributed by atoms with van der Waals surface area (Å²) in [5.41, 5.74) is -0.0969. The highest BCUT2D eigenvalue weighted by Crippen LogP contribution is 2.38. The van der Waals surface area contributed by atoms with Crippen molar-refractivity contribution < 1.29 is 38.6 Å². The molecule has 0 aromatic heterocycles. The van der Waals surface area contributed by atoms with Crippen LogP contribution in [0.5, 0.6) is 0 Å². The van der Waals surface area contributed by atoms with Gasteiger partial charge in [0.25, 0.3) is 0 Å². The third-order valence-corrected chi connectivity index (χ3v) is 6.01. The van der Waals surface area contributed by atoms with Crippen LogP contribution in [0.25, 0.3) is 6.08 Å². The molecule has 10 heteroatoms. The lowest BCUT2D eigenvalue weighted by atomic mass is 9.76. The van der Waals surface area contributed by atoms with Gasteiger partial charge < -0.3 is 29.6 Å². The predicted octanol–water partition coefficient (Wildman–Crippen LogP) is 4.02. The van der Waals surface area contributed by atoms with E-state index in [1.165, 1.54) is 12.1 Å². The summed E-state index contributed by atoms with van der Waals surface area (Å²) >= 11 is 0. The van der Waals surface area contributed by atoms with Gasteiger partial charge in [0, 0.05) is 6.54 Å². The van der Waals surface area contributed by atoms with Crippen LogP contribution in [0.4, 0.5) is 4.79 Å². The number of aromatic carboxylic acids is 2. The van der Waals surface area contributed by atoms with E-state index in [0.717, 1.165) is 11.6 Å². The number of amides is 1. The van der Waals surface area contributed by atoms with Crippen molar-refractivity contribution in [1.82, 2.24) is 5.32 Å². The molecule has 0 radical (unpaired) electrons. The van der Waals surface area contributed by atoms with Gasteiger partial charge in [0.2, 0.25) is 0 Å². The second-order valence-corrected chi connectivity index (χ2v) is 9.18. The molecule has 35 heavy (non-hydrogen) atoms. The molecule has 2 aromatic rings. The van der Waals surface area contributed by atoms with E-state index in [0.29, 0.717) is 11.0 Å². The molecular weight excluding hydrogens is 453 g/mol. The lowest BCUT2D eigenvalue weighted by molar-refractivity contribution is 0.00578. The van der Waals surface area contributed by atoms with Gasteiger partial charge >= 0.3 is 25.2 Å². The van der Waals surface area contributed by atoms with E-state index in [2.05, 4.69) is 5.32 Å². The number of carboxylic acids is 2. The van der Waals surface area contributed by atoms with Crippen LogP contribution in [-0.4, -0.2) is 53.1 Å². The van der Waals surface area contributed by atoms with E-state index in [1.54, 1.807) is 6.08 Å². The van der Waals surface area contributed by atoms with Crippen molar-refractivity contribution in [3.8, 4) is 0 Å². The molecule has 9 nitrogen and oxygen atoms in total. The summed E-state index contributed by atoms with van der Waals surface area (Å²) in [5, 5.41) is 21.4. The molecule has 1 aliphatic rings. The summed E-state index contributed by atoms with van der Waals surface area (Å²) in [4.78, 5) is 35.3. The van der Waals surface area contributed by atoms with E-state index < -0.39 is 36.4 Å². The second kappa shape index (κ2) is 10.3. The van der Waals surface area contributed by atoms with Gasteiger partial charge in [0.05, 0.1) is 22.3 Å². The lowest BCUT2D eigenvalue weighted by Gasteiger charge is -2.32. The smallest absolute Gasteiger partial charge is 0.478 e. The van der Waals surface area contributed by atoms with Gasteiger partial charge in [-0.1, -0.05) is 36.4 Å². The minimum Gasteiger partial charge on any atom is -0.478 e. The van der Waals surface area contributed by atoms with Gasteiger partial charge in [-0.3, -0.25) is 0 Å². The first kappa shape index (κ1) is 26.0. The molecule has 1 saturated heterocycles. The van der Waals surface area contributed by atoms with Crippen molar-refractivity contribution in [2.24, 2.45) is 0 Å². The summed E-state index contributed by atoms with van der Waals surface area (Å²) in [6.45, 7) is 7.55. The largest absolute Gasteiger partial charge is 0.492 e. The third kappa shape index (κ3) is 6.49. The summed E-state index contributed by atoms with van der Waals surface area (Å²) in [7, 11) is -0.865. The Morgan fingerprint density at radius 1 is 0.943 bits per heavy atom. The van der Waals surface area contributed by atoms with Crippen molar-refractivity contribution in [2.45, 2.75) is 45.5 Å². The van der Waals surface area contributed by atoms with E-state index in [1.807, 2.05) is 58.0 Å². The van der Waals surface area contributed by atoms with E-state index >= 15 is 0 Å². The number of carboxylic acid groups (broad SMARTS) is 2. The van der Waals surface area contributed by atoms with E-state index in [4.69, 9.17) is 14.0 Å². The fourth-order valence-corrected chi connectivity index (χ4v) is 3.34. The Morgan fingerprint density at radius 3 is 2.00 bits per heavy atom. The molecule has 0 saturated carbocycles. The number of carbonyl (C=O) groups excluding carboxylic acids is 1. The molecule has 3 rings (SSSR count). The summed E-state index contributed by atoms with van der Waals surface area (Å²) in [5.74, 6) is -2.52. The molecule has 1 aliphatic heterocycles. The summed E-state index contributed by atoms with van der Waals surface area (Å²) < 4.78 is 17.5. The second-order valence-electron chi connectivity index (χ2n) is 9.18. The van der Waals surface area contributed by atoms with Crippen LogP contribution < -0.4 is 5.32 Å². The lowest BCUT2D eigenvalue weighted by Crippen LogP contribution is -2.41. The average Bonchev–Trinajstić information content (AvgIpc) is 3.02. The van der Waals surface area contributed by atoms with Gasteiger partial charge in [-0.2, -0.15) is 0 Å². The van der Waals surface area contributed by atoms with Crippen molar-refractivity contribution in [3.63, 3.8) is 0 Å². The molecule has 0 aliphatic carbocycles. The quantitative estimate of drug-likeness (QED) is 0.482. The number of carbonyl (C=O) groups is 3. The Bertz CT molecular complexity index is 1100. The van der Waals surface area contributed by atoms with Crippen molar-refractivity contribution >= 4 is 31.2 Å². The zero-order chi connectivity index (χ0) is 25.8. The molecule has 2 aromatic carbocycles. The van der Waals surface area contributed by atoms with Crippen molar-refractivity contribution in [2.75, 3.05) is 6.54 Å². The van der Waals surface area contributed by atoms with Crippen LogP contribution in [0.2, 0.25) is 0 Å². The Morgan fingerprint density at radius 2 is 1.49 bits per heavy atom. The topological polar surface area (TPSA) is 131 Å². The highest BCUT2D eigenvalue weighted by atomic mass is 16.7. The maximum absolute atomic E-state index is 12.3. The van der Waals surface area contributed by atoms with Gasteiger partial charge in [0.15, 0.2) is 0 Å². The fourth-order valence-electron chi connectivity index (χ4n) is 3.34. The molecule has 3 N–H and O–H groups in total. The molecule has 0 spiro atoms. The Labute approximate surface area is 203 Å². The molecule has 0 atom stereocenters. The average molecular weight is 481 g/mol. The molecule has 1 fully saturated rings. The molecular formula is C25H28BNO8.